The lowest BCUT2D eigenvalue weighted by Gasteiger charge is -2.28. The van der Waals surface area contributed by atoms with E-state index >= 15 is 0 Å². The van der Waals surface area contributed by atoms with Crippen molar-refractivity contribution in [3.05, 3.63) is 42.0 Å². The maximum absolute atomic E-state index is 14.6. The van der Waals surface area contributed by atoms with Crippen molar-refractivity contribution in [3.8, 4) is 17.1 Å². The van der Waals surface area contributed by atoms with Gasteiger partial charge in [-0.1, -0.05) is 71.3 Å². The third-order valence-corrected chi connectivity index (χ3v) is 6.64. The molecule has 0 atom stereocenters. The molecule has 0 saturated heterocycles. The van der Waals surface area contributed by atoms with Crippen LogP contribution in [0.15, 0.2) is 30.6 Å². The maximum Gasteiger partial charge on any atom is 0.162 e. The van der Waals surface area contributed by atoms with Crippen LogP contribution in [0, 0.1) is 17.7 Å². The number of rotatable bonds is 12. The number of ether oxygens (including phenoxy) is 1. The molecule has 0 aliphatic heterocycles. The zero-order chi connectivity index (χ0) is 21.9. The van der Waals surface area contributed by atoms with Crippen molar-refractivity contribution in [2.45, 2.75) is 90.9 Å². The number of halogens is 1. The molecule has 1 aromatic carbocycles. The van der Waals surface area contributed by atoms with Crippen LogP contribution in [0.4, 0.5) is 4.39 Å². The van der Waals surface area contributed by atoms with Gasteiger partial charge in [0.15, 0.2) is 11.6 Å². The van der Waals surface area contributed by atoms with Crippen LogP contribution < -0.4 is 4.74 Å². The van der Waals surface area contributed by atoms with Crippen molar-refractivity contribution in [2.75, 3.05) is 6.61 Å². The summed E-state index contributed by atoms with van der Waals surface area (Å²) < 4.78 is 20.5. The minimum Gasteiger partial charge on any atom is -0.490 e. The average Bonchev–Trinajstić information content (AvgIpc) is 2.79. The lowest BCUT2D eigenvalue weighted by Crippen LogP contribution is -2.20. The summed E-state index contributed by atoms with van der Waals surface area (Å²) >= 11 is 0. The molecule has 0 amide bonds. The lowest BCUT2D eigenvalue weighted by molar-refractivity contribution is 0.177. The van der Waals surface area contributed by atoms with E-state index in [0.717, 1.165) is 30.9 Å². The molecule has 0 radical (unpaired) electrons. The summed E-state index contributed by atoms with van der Waals surface area (Å²) in [6.07, 6.45) is 18.3. The molecular weight excluding hydrogens is 387 g/mol. The predicted molar refractivity (Wildman–Crippen MR) is 126 cm³/mol. The van der Waals surface area contributed by atoms with Crippen LogP contribution in [0.1, 0.15) is 90.0 Å². The van der Waals surface area contributed by atoms with E-state index in [-0.39, 0.29) is 5.82 Å². The second-order valence-electron chi connectivity index (χ2n) is 9.21. The highest BCUT2D eigenvalue weighted by atomic mass is 19.1. The number of aromatic nitrogens is 2. The van der Waals surface area contributed by atoms with Gasteiger partial charge in [-0.3, -0.25) is 0 Å². The fourth-order valence-electron chi connectivity index (χ4n) is 4.59. The molecule has 0 spiro atoms. The fraction of sp³-hybridized carbons (Fsp3) is 0.630. The van der Waals surface area contributed by atoms with E-state index in [1.807, 2.05) is 6.07 Å². The maximum atomic E-state index is 14.6. The van der Waals surface area contributed by atoms with E-state index in [9.17, 15) is 4.39 Å². The van der Waals surface area contributed by atoms with Crippen LogP contribution in [-0.4, -0.2) is 16.6 Å². The van der Waals surface area contributed by atoms with Crippen LogP contribution in [0.5, 0.6) is 5.75 Å². The fourth-order valence-corrected chi connectivity index (χ4v) is 4.59. The third-order valence-electron chi connectivity index (χ3n) is 6.64. The Morgan fingerprint density at radius 2 is 1.58 bits per heavy atom. The largest absolute Gasteiger partial charge is 0.490 e. The first-order valence-electron chi connectivity index (χ1n) is 12.4. The van der Waals surface area contributed by atoms with Crippen LogP contribution in [0.3, 0.4) is 0 Å². The Bertz CT molecular complexity index is 769. The Labute approximate surface area is 187 Å². The molecule has 3 rings (SSSR count). The van der Waals surface area contributed by atoms with Gasteiger partial charge >= 0.3 is 0 Å². The van der Waals surface area contributed by atoms with Gasteiger partial charge in [0.05, 0.1) is 24.6 Å². The van der Waals surface area contributed by atoms with Gasteiger partial charge in [-0.2, -0.15) is 0 Å². The van der Waals surface area contributed by atoms with Crippen molar-refractivity contribution in [3.63, 3.8) is 0 Å². The Kier molecular flexibility index (Phi) is 9.77. The number of unbranched alkanes of at least 4 members (excludes halogenated alkanes) is 4. The smallest absolute Gasteiger partial charge is 0.162 e. The number of benzene rings is 1. The molecule has 1 heterocycles. The van der Waals surface area contributed by atoms with Crippen molar-refractivity contribution in [2.24, 2.45) is 11.8 Å². The highest BCUT2D eigenvalue weighted by Crippen LogP contribution is 2.32. The minimum atomic E-state index is -0.252. The molecule has 0 bridgehead atoms. The first-order valence-corrected chi connectivity index (χ1v) is 12.4. The molecular formula is C27H39FN2O. The van der Waals surface area contributed by atoms with E-state index in [1.165, 1.54) is 64.2 Å². The van der Waals surface area contributed by atoms with Gasteiger partial charge in [0.25, 0.3) is 0 Å². The third kappa shape index (κ3) is 7.59. The predicted octanol–water partition coefficient (Wildman–Crippen LogP) is 7.78. The monoisotopic (exact) mass is 426 g/mol. The number of hydrogen-bond donors (Lipinski definition) is 0. The molecule has 0 unspecified atom stereocenters. The van der Waals surface area contributed by atoms with E-state index in [2.05, 4.69) is 23.8 Å². The zero-order valence-corrected chi connectivity index (χ0v) is 19.4. The summed E-state index contributed by atoms with van der Waals surface area (Å²) in [7, 11) is 0. The Morgan fingerprint density at radius 3 is 2.26 bits per heavy atom. The van der Waals surface area contributed by atoms with Gasteiger partial charge in [-0.15, -0.1) is 0 Å². The lowest BCUT2D eigenvalue weighted by atomic mass is 9.80. The van der Waals surface area contributed by atoms with Gasteiger partial charge in [-0.25, -0.2) is 14.4 Å². The molecule has 1 aromatic heterocycles. The summed E-state index contributed by atoms with van der Waals surface area (Å²) in [6, 6.07) is 5.41. The van der Waals surface area contributed by atoms with Gasteiger partial charge in [0.2, 0.25) is 0 Å². The SMILES string of the molecule is CCCCCc1ccc(-c2ncc(OCC3CCC(CCCCC)CC3)cn2)c(F)c1. The first kappa shape index (κ1) is 23.7. The molecule has 1 fully saturated rings. The topological polar surface area (TPSA) is 35.0 Å². The van der Waals surface area contributed by atoms with E-state index in [1.54, 1.807) is 24.5 Å². The molecule has 1 aliphatic carbocycles. The van der Waals surface area contributed by atoms with Crippen molar-refractivity contribution in [1.29, 1.82) is 0 Å². The summed E-state index contributed by atoms with van der Waals surface area (Å²) in [5.41, 5.74) is 1.49. The quantitative estimate of drug-likeness (QED) is 0.325. The van der Waals surface area contributed by atoms with E-state index in [0.29, 0.717) is 23.1 Å². The molecule has 4 heteroatoms. The summed E-state index contributed by atoms with van der Waals surface area (Å²) in [4.78, 5) is 8.71. The normalized spacial score (nSPS) is 18.8. The second-order valence-corrected chi connectivity index (χ2v) is 9.21. The van der Waals surface area contributed by atoms with Crippen LogP contribution in [0.25, 0.3) is 11.4 Å². The zero-order valence-electron chi connectivity index (χ0n) is 19.4. The molecule has 1 aliphatic rings. The van der Waals surface area contributed by atoms with Gasteiger partial charge < -0.3 is 4.74 Å². The van der Waals surface area contributed by atoms with Gasteiger partial charge in [0, 0.05) is 0 Å². The van der Waals surface area contributed by atoms with Crippen molar-refractivity contribution in [1.82, 2.24) is 9.97 Å². The first-order chi connectivity index (χ1) is 15.2. The van der Waals surface area contributed by atoms with E-state index in [4.69, 9.17) is 4.74 Å². The Morgan fingerprint density at radius 1 is 0.903 bits per heavy atom. The van der Waals surface area contributed by atoms with E-state index < -0.39 is 0 Å². The molecule has 170 valence electrons. The highest BCUT2D eigenvalue weighted by Gasteiger charge is 2.21. The Balaban J connectivity index is 1.45. The second kappa shape index (κ2) is 12.8. The summed E-state index contributed by atoms with van der Waals surface area (Å²) in [5.74, 6) is 2.37. The molecule has 0 N–H and O–H groups in total. The number of aryl methyl sites for hydroxylation is 1. The minimum absolute atomic E-state index is 0.252. The standard InChI is InChI=1S/C27H39FN2O/c1-3-5-7-9-21-11-13-23(14-12-21)20-31-24-18-29-27(30-19-24)25-16-15-22(17-26(25)28)10-8-6-4-2/h15-19,21,23H,3-14,20H2,1-2H3. The van der Waals surface area contributed by atoms with Gasteiger partial charge in [0.1, 0.15) is 5.82 Å². The van der Waals surface area contributed by atoms with Crippen molar-refractivity contribution < 1.29 is 9.13 Å². The van der Waals surface area contributed by atoms with Crippen molar-refractivity contribution >= 4 is 0 Å². The van der Waals surface area contributed by atoms with Crippen LogP contribution in [-0.2, 0) is 6.42 Å². The molecule has 1 saturated carbocycles. The molecule has 31 heavy (non-hydrogen) atoms. The van der Waals surface area contributed by atoms with Crippen LogP contribution >= 0.6 is 0 Å². The summed E-state index contributed by atoms with van der Waals surface area (Å²) in [5, 5.41) is 0. The number of hydrogen-bond acceptors (Lipinski definition) is 3. The average molecular weight is 427 g/mol. The molecule has 3 nitrogen and oxygen atoms in total. The van der Waals surface area contributed by atoms with Crippen LogP contribution in [0.2, 0.25) is 0 Å². The number of nitrogens with zero attached hydrogens (tertiary/aromatic N) is 2. The molecule has 2 aromatic rings. The van der Waals surface area contributed by atoms with Gasteiger partial charge in [-0.05, 0) is 55.2 Å². The summed E-state index contributed by atoms with van der Waals surface area (Å²) in [6.45, 7) is 5.17. The Hall–Kier alpha value is -1.97. The highest BCUT2D eigenvalue weighted by molar-refractivity contribution is 5.56.